The maximum absolute atomic E-state index is 11.9. The Morgan fingerprint density at radius 3 is 2.68 bits per heavy atom. The van der Waals surface area contributed by atoms with Crippen molar-refractivity contribution in [3.63, 3.8) is 0 Å². The molecule has 1 aromatic carbocycles. The van der Waals surface area contributed by atoms with Gasteiger partial charge in [-0.25, -0.2) is 9.48 Å². The summed E-state index contributed by atoms with van der Waals surface area (Å²) in [5.74, 6) is 1.84. The number of rotatable bonds is 3. The lowest BCUT2D eigenvalue weighted by atomic mass is 10.2. The highest BCUT2D eigenvalue weighted by Crippen LogP contribution is 2.18. The lowest BCUT2D eigenvalue weighted by Crippen LogP contribution is -2.08. The molecule has 0 radical (unpaired) electrons. The van der Waals surface area contributed by atoms with Crippen molar-refractivity contribution in [3.05, 3.63) is 47.3 Å². The van der Waals surface area contributed by atoms with Crippen molar-refractivity contribution in [2.75, 3.05) is 6.61 Å². The molecule has 0 unspecified atom stereocenters. The van der Waals surface area contributed by atoms with Gasteiger partial charge in [0.15, 0.2) is 6.61 Å². The summed E-state index contributed by atoms with van der Waals surface area (Å²) >= 11 is 0. The van der Waals surface area contributed by atoms with Gasteiger partial charge in [0, 0.05) is 0 Å². The Bertz CT molecular complexity index is 636. The Morgan fingerprint density at radius 2 is 2.05 bits per heavy atom. The number of esters is 1. The summed E-state index contributed by atoms with van der Waals surface area (Å²) in [6.07, 6.45) is 5.08. The van der Waals surface area contributed by atoms with Crippen LogP contribution in [0.25, 0.3) is 5.69 Å². The summed E-state index contributed by atoms with van der Waals surface area (Å²) in [5, 5.41) is 4.37. The zero-order chi connectivity index (χ0) is 13.8. The minimum absolute atomic E-state index is 0.0335. The highest BCUT2D eigenvalue weighted by molar-refractivity contribution is 5.92. The monoisotopic (exact) mass is 254 g/mol. The molecule has 0 amide bonds. The van der Waals surface area contributed by atoms with Gasteiger partial charge in [-0.1, -0.05) is 24.1 Å². The summed E-state index contributed by atoms with van der Waals surface area (Å²) in [6, 6.07) is 9.62. The van der Waals surface area contributed by atoms with Gasteiger partial charge >= 0.3 is 5.97 Å². The zero-order valence-corrected chi connectivity index (χ0v) is 10.9. The molecule has 0 aliphatic heterocycles. The number of terminal acetylenes is 1. The molecule has 0 saturated carbocycles. The first kappa shape index (κ1) is 12.9. The van der Waals surface area contributed by atoms with Crippen LogP contribution in [0.5, 0.6) is 0 Å². The van der Waals surface area contributed by atoms with E-state index >= 15 is 0 Å². The molecule has 96 valence electrons. The smallest absolute Gasteiger partial charge is 0.342 e. The molecular formula is C15H14N2O2. The normalized spacial score (nSPS) is 9.95. The number of aromatic nitrogens is 2. The average molecular weight is 254 g/mol. The van der Waals surface area contributed by atoms with Crippen LogP contribution in [0.1, 0.15) is 21.7 Å². The zero-order valence-electron chi connectivity index (χ0n) is 10.9. The van der Waals surface area contributed by atoms with Crippen LogP contribution in [0.15, 0.2) is 30.3 Å². The molecule has 0 saturated heterocycles. The van der Waals surface area contributed by atoms with Crippen LogP contribution in [-0.2, 0) is 4.74 Å². The van der Waals surface area contributed by atoms with Crippen LogP contribution in [0.4, 0.5) is 0 Å². The molecule has 0 aliphatic rings. The molecule has 1 heterocycles. The van der Waals surface area contributed by atoms with Gasteiger partial charge in [-0.15, -0.1) is 6.42 Å². The number of ether oxygens (including phenoxy) is 1. The van der Waals surface area contributed by atoms with Gasteiger partial charge in [-0.3, -0.25) is 0 Å². The van der Waals surface area contributed by atoms with Gasteiger partial charge in [0.25, 0.3) is 0 Å². The van der Waals surface area contributed by atoms with Gasteiger partial charge < -0.3 is 4.74 Å². The number of para-hydroxylation sites is 1. The molecule has 4 nitrogen and oxygen atoms in total. The van der Waals surface area contributed by atoms with Crippen molar-refractivity contribution < 1.29 is 9.53 Å². The molecular weight excluding hydrogens is 240 g/mol. The third-order valence-electron chi connectivity index (χ3n) is 2.78. The van der Waals surface area contributed by atoms with E-state index in [1.807, 2.05) is 37.3 Å². The highest BCUT2D eigenvalue weighted by Gasteiger charge is 2.20. The fourth-order valence-corrected chi connectivity index (χ4v) is 1.94. The second kappa shape index (κ2) is 5.40. The average Bonchev–Trinajstić information content (AvgIpc) is 2.72. The standard InChI is InChI=1S/C15H14N2O2/c1-4-10-19-15(18)14-11(2)16-17(12(14)3)13-8-6-5-7-9-13/h1,5-9H,10H2,2-3H3. The number of nitrogens with zero attached hydrogens (tertiary/aromatic N) is 2. The summed E-state index contributed by atoms with van der Waals surface area (Å²) in [5.41, 5.74) is 2.74. The molecule has 1 aromatic heterocycles. The Kier molecular flexibility index (Phi) is 3.67. The van der Waals surface area contributed by atoms with Crippen LogP contribution < -0.4 is 0 Å². The predicted molar refractivity (Wildman–Crippen MR) is 72.2 cm³/mol. The number of hydrogen-bond donors (Lipinski definition) is 0. The van der Waals surface area contributed by atoms with Crippen molar-refractivity contribution in [3.8, 4) is 18.0 Å². The van der Waals surface area contributed by atoms with Gasteiger partial charge in [0.05, 0.1) is 17.1 Å². The van der Waals surface area contributed by atoms with E-state index in [4.69, 9.17) is 11.2 Å². The molecule has 0 N–H and O–H groups in total. The van der Waals surface area contributed by atoms with Gasteiger partial charge in [0.2, 0.25) is 0 Å². The largest absolute Gasteiger partial charge is 0.449 e. The molecule has 0 atom stereocenters. The Morgan fingerprint density at radius 1 is 1.37 bits per heavy atom. The minimum atomic E-state index is -0.435. The first-order valence-electron chi connectivity index (χ1n) is 5.87. The minimum Gasteiger partial charge on any atom is -0.449 e. The third-order valence-corrected chi connectivity index (χ3v) is 2.78. The SMILES string of the molecule is C#CCOC(=O)c1c(C)nn(-c2ccccc2)c1C. The lowest BCUT2D eigenvalue weighted by Gasteiger charge is -2.04. The van der Waals surface area contributed by atoms with Crippen molar-refractivity contribution in [1.82, 2.24) is 9.78 Å². The molecule has 0 aliphatic carbocycles. The molecule has 0 spiro atoms. The summed E-state index contributed by atoms with van der Waals surface area (Å²) in [7, 11) is 0. The van der Waals surface area contributed by atoms with Crippen LogP contribution >= 0.6 is 0 Å². The van der Waals surface area contributed by atoms with E-state index in [0.29, 0.717) is 11.3 Å². The second-order valence-corrected chi connectivity index (χ2v) is 4.07. The van der Waals surface area contributed by atoms with E-state index in [1.54, 1.807) is 11.6 Å². The number of aryl methyl sites for hydroxylation is 1. The van der Waals surface area contributed by atoms with E-state index in [2.05, 4.69) is 11.0 Å². The summed E-state index contributed by atoms with van der Waals surface area (Å²) in [6.45, 7) is 3.58. The lowest BCUT2D eigenvalue weighted by molar-refractivity contribution is 0.0555. The van der Waals surface area contributed by atoms with E-state index in [9.17, 15) is 4.79 Å². The van der Waals surface area contributed by atoms with Crippen molar-refractivity contribution in [2.24, 2.45) is 0 Å². The van der Waals surface area contributed by atoms with Crippen LogP contribution in [0, 0.1) is 26.2 Å². The Labute approximate surface area is 112 Å². The van der Waals surface area contributed by atoms with E-state index in [-0.39, 0.29) is 6.61 Å². The van der Waals surface area contributed by atoms with Crippen LogP contribution in [-0.4, -0.2) is 22.4 Å². The van der Waals surface area contributed by atoms with Gasteiger partial charge in [-0.2, -0.15) is 5.10 Å². The predicted octanol–water partition coefficient (Wildman–Crippen LogP) is 2.28. The first-order valence-corrected chi connectivity index (χ1v) is 5.87. The van der Waals surface area contributed by atoms with E-state index in [0.717, 1.165) is 11.4 Å². The van der Waals surface area contributed by atoms with E-state index < -0.39 is 5.97 Å². The quantitative estimate of drug-likeness (QED) is 0.623. The van der Waals surface area contributed by atoms with Gasteiger partial charge in [0.1, 0.15) is 5.56 Å². The molecule has 19 heavy (non-hydrogen) atoms. The fraction of sp³-hybridized carbons (Fsp3) is 0.200. The number of carbonyl (C=O) groups is 1. The molecule has 2 aromatic rings. The molecule has 4 heteroatoms. The van der Waals surface area contributed by atoms with Crippen LogP contribution in [0.3, 0.4) is 0 Å². The summed E-state index contributed by atoms with van der Waals surface area (Å²) in [4.78, 5) is 11.9. The number of hydrogen-bond acceptors (Lipinski definition) is 3. The number of carbonyl (C=O) groups excluding carboxylic acids is 1. The molecule has 0 bridgehead atoms. The Balaban J connectivity index is 2.41. The second-order valence-electron chi connectivity index (χ2n) is 4.07. The maximum atomic E-state index is 11.9. The third kappa shape index (κ3) is 2.50. The fourth-order valence-electron chi connectivity index (χ4n) is 1.94. The Hall–Kier alpha value is -2.54. The van der Waals surface area contributed by atoms with Crippen LogP contribution in [0.2, 0.25) is 0 Å². The maximum Gasteiger partial charge on any atom is 0.342 e. The van der Waals surface area contributed by atoms with Crippen molar-refractivity contribution >= 4 is 5.97 Å². The van der Waals surface area contributed by atoms with Crippen molar-refractivity contribution in [2.45, 2.75) is 13.8 Å². The first-order chi connectivity index (χ1) is 9.15. The van der Waals surface area contributed by atoms with Crippen molar-refractivity contribution in [1.29, 1.82) is 0 Å². The topological polar surface area (TPSA) is 44.1 Å². The molecule has 2 rings (SSSR count). The van der Waals surface area contributed by atoms with E-state index in [1.165, 1.54) is 0 Å². The molecule has 0 fully saturated rings. The number of benzene rings is 1. The summed E-state index contributed by atoms with van der Waals surface area (Å²) < 4.78 is 6.68. The van der Waals surface area contributed by atoms with Gasteiger partial charge in [-0.05, 0) is 26.0 Å². The highest BCUT2D eigenvalue weighted by atomic mass is 16.5.